The van der Waals surface area contributed by atoms with Gasteiger partial charge in [-0.1, -0.05) is 19.4 Å². The molecule has 0 spiro atoms. The molecule has 0 aromatic heterocycles. The molecule has 30 heavy (non-hydrogen) atoms. The van der Waals surface area contributed by atoms with Crippen molar-refractivity contribution in [2.45, 2.75) is 37.1 Å². The van der Waals surface area contributed by atoms with Gasteiger partial charge in [0.05, 0.1) is 19.1 Å². The van der Waals surface area contributed by atoms with Crippen molar-refractivity contribution in [2.75, 3.05) is 20.8 Å². The Balaban J connectivity index is 1.99. The zero-order valence-electron chi connectivity index (χ0n) is 17.3. The van der Waals surface area contributed by atoms with Gasteiger partial charge in [-0.15, -0.1) is 0 Å². The molecule has 0 saturated carbocycles. The molecule has 0 radical (unpaired) electrons. The van der Waals surface area contributed by atoms with Crippen molar-refractivity contribution in [1.29, 1.82) is 0 Å². The first-order valence-electron chi connectivity index (χ1n) is 9.57. The molecule has 0 saturated heterocycles. The van der Waals surface area contributed by atoms with Crippen LogP contribution in [0.25, 0.3) is 0 Å². The van der Waals surface area contributed by atoms with E-state index in [9.17, 15) is 17.6 Å². The number of benzene rings is 2. The first-order chi connectivity index (χ1) is 14.3. The summed E-state index contributed by atoms with van der Waals surface area (Å²) < 4.78 is 51.0. The number of carbonyl (C=O) groups excluding carboxylic acids is 1. The molecular formula is C21H27FN2O5S. The Labute approximate surface area is 176 Å². The molecule has 0 heterocycles. The Morgan fingerprint density at radius 3 is 2.33 bits per heavy atom. The van der Waals surface area contributed by atoms with Gasteiger partial charge in [0.25, 0.3) is 0 Å². The van der Waals surface area contributed by atoms with Crippen LogP contribution < -0.4 is 19.5 Å². The van der Waals surface area contributed by atoms with Crippen molar-refractivity contribution in [3.8, 4) is 11.5 Å². The van der Waals surface area contributed by atoms with Gasteiger partial charge in [0.1, 0.15) is 11.9 Å². The molecule has 9 heteroatoms. The number of hydrogen-bond acceptors (Lipinski definition) is 5. The number of amides is 1. The molecule has 7 nitrogen and oxygen atoms in total. The van der Waals surface area contributed by atoms with E-state index in [1.54, 1.807) is 20.3 Å². The topological polar surface area (TPSA) is 93.7 Å². The molecule has 2 N–H and O–H groups in total. The molecule has 0 fully saturated rings. The minimum atomic E-state index is -3.95. The van der Waals surface area contributed by atoms with Gasteiger partial charge in [-0.2, -0.15) is 4.72 Å². The summed E-state index contributed by atoms with van der Waals surface area (Å²) in [4.78, 5) is 12.5. The molecule has 2 rings (SSSR count). The fourth-order valence-electron chi connectivity index (χ4n) is 2.89. The van der Waals surface area contributed by atoms with Crippen LogP contribution in [0.15, 0.2) is 47.4 Å². The lowest BCUT2D eigenvalue weighted by Crippen LogP contribution is -2.47. The summed E-state index contributed by atoms with van der Waals surface area (Å²) in [5.74, 6) is 0.260. The second kappa shape index (κ2) is 10.9. The quantitative estimate of drug-likeness (QED) is 0.563. The van der Waals surface area contributed by atoms with E-state index >= 15 is 0 Å². The zero-order valence-corrected chi connectivity index (χ0v) is 18.1. The molecule has 1 amide bonds. The molecule has 2 aromatic carbocycles. The van der Waals surface area contributed by atoms with Crippen molar-refractivity contribution in [3.05, 3.63) is 53.8 Å². The van der Waals surface area contributed by atoms with Crippen LogP contribution >= 0.6 is 0 Å². The van der Waals surface area contributed by atoms with Gasteiger partial charge < -0.3 is 14.8 Å². The van der Waals surface area contributed by atoms with Crippen molar-refractivity contribution < 1.29 is 27.1 Å². The van der Waals surface area contributed by atoms with Crippen LogP contribution in [0, 0.1) is 5.82 Å². The Kier molecular flexibility index (Phi) is 8.61. The van der Waals surface area contributed by atoms with Gasteiger partial charge in [-0.25, -0.2) is 12.8 Å². The summed E-state index contributed by atoms with van der Waals surface area (Å²) >= 11 is 0. The number of methoxy groups -OCH3 is 2. The first kappa shape index (κ1) is 23.6. The number of halogens is 1. The monoisotopic (exact) mass is 438 g/mol. The number of hydrogen-bond donors (Lipinski definition) is 2. The predicted molar refractivity (Wildman–Crippen MR) is 112 cm³/mol. The summed E-state index contributed by atoms with van der Waals surface area (Å²) in [6.07, 6.45) is 1.48. The summed E-state index contributed by atoms with van der Waals surface area (Å²) in [5.41, 5.74) is 0.937. The number of rotatable bonds is 11. The normalized spacial score (nSPS) is 12.3. The summed E-state index contributed by atoms with van der Waals surface area (Å²) in [6, 6.07) is 9.01. The molecule has 1 unspecified atom stereocenters. The largest absolute Gasteiger partial charge is 0.493 e. The predicted octanol–water partition coefficient (Wildman–Crippen LogP) is 2.65. The second-order valence-electron chi connectivity index (χ2n) is 6.65. The zero-order chi connectivity index (χ0) is 22.1. The van der Waals surface area contributed by atoms with Gasteiger partial charge in [0.2, 0.25) is 15.9 Å². The third-order valence-electron chi connectivity index (χ3n) is 4.48. The summed E-state index contributed by atoms with van der Waals surface area (Å²) in [5, 5.41) is 2.77. The smallest absolute Gasteiger partial charge is 0.241 e. The Morgan fingerprint density at radius 1 is 1.07 bits per heavy atom. The maximum Gasteiger partial charge on any atom is 0.241 e. The van der Waals surface area contributed by atoms with E-state index in [0.29, 0.717) is 37.3 Å². The highest BCUT2D eigenvalue weighted by Gasteiger charge is 2.25. The highest BCUT2D eigenvalue weighted by molar-refractivity contribution is 7.89. The lowest BCUT2D eigenvalue weighted by atomic mass is 10.1. The maximum absolute atomic E-state index is 13.1. The van der Waals surface area contributed by atoms with Crippen LogP contribution in [0.5, 0.6) is 11.5 Å². The minimum absolute atomic E-state index is 0.0943. The van der Waals surface area contributed by atoms with E-state index in [-0.39, 0.29) is 4.90 Å². The average Bonchev–Trinajstić information content (AvgIpc) is 2.73. The Bertz CT molecular complexity index is 948. The second-order valence-corrected chi connectivity index (χ2v) is 8.36. The molecule has 0 aliphatic rings. The highest BCUT2D eigenvalue weighted by atomic mass is 32.2. The SMILES string of the molecule is CCCC(NS(=O)(=O)c1ccc(F)cc1)C(=O)NCCc1ccc(OC)c(OC)c1. The van der Waals surface area contributed by atoms with Crippen molar-refractivity contribution in [1.82, 2.24) is 10.0 Å². The highest BCUT2D eigenvalue weighted by Crippen LogP contribution is 2.27. The fourth-order valence-corrected chi connectivity index (χ4v) is 4.12. The lowest BCUT2D eigenvalue weighted by Gasteiger charge is -2.18. The molecular weight excluding hydrogens is 411 g/mol. The molecule has 0 aliphatic heterocycles. The lowest BCUT2D eigenvalue weighted by molar-refractivity contribution is -0.122. The first-order valence-corrected chi connectivity index (χ1v) is 11.1. The molecule has 1 atom stereocenters. The van der Waals surface area contributed by atoms with Crippen LogP contribution in [0.1, 0.15) is 25.3 Å². The molecule has 0 aliphatic carbocycles. The Hall–Kier alpha value is -2.65. The van der Waals surface area contributed by atoms with Crippen LogP contribution in [0.4, 0.5) is 4.39 Å². The van der Waals surface area contributed by atoms with E-state index in [1.165, 1.54) is 0 Å². The fraction of sp³-hybridized carbons (Fsp3) is 0.381. The van der Waals surface area contributed by atoms with Crippen molar-refractivity contribution in [2.24, 2.45) is 0 Å². The summed E-state index contributed by atoms with van der Waals surface area (Å²) in [7, 11) is -0.844. The van der Waals surface area contributed by atoms with Gasteiger partial charge in [0.15, 0.2) is 11.5 Å². The maximum atomic E-state index is 13.1. The minimum Gasteiger partial charge on any atom is -0.493 e. The van der Waals surface area contributed by atoms with E-state index in [4.69, 9.17) is 9.47 Å². The van der Waals surface area contributed by atoms with Gasteiger partial charge in [-0.05, 0) is 54.8 Å². The number of ether oxygens (including phenoxy) is 2. The van der Waals surface area contributed by atoms with Gasteiger partial charge in [-0.3, -0.25) is 4.79 Å². The van der Waals surface area contributed by atoms with E-state index in [0.717, 1.165) is 29.8 Å². The number of sulfonamides is 1. The summed E-state index contributed by atoms with van der Waals surface area (Å²) in [6.45, 7) is 2.18. The van der Waals surface area contributed by atoms with Gasteiger partial charge >= 0.3 is 0 Å². The van der Waals surface area contributed by atoms with Crippen LogP contribution in [-0.4, -0.2) is 41.1 Å². The average molecular weight is 439 g/mol. The van der Waals surface area contributed by atoms with Crippen LogP contribution in [0.3, 0.4) is 0 Å². The van der Waals surface area contributed by atoms with E-state index in [2.05, 4.69) is 10.0 Å². The Morgan fingerprint density at radius 2 is 1.73 bits per heavy atom. The van der Waals surface area contributed by atoms with Crippen LogP contribution in [0.2, 0.25) is 0 Å². The molecule has 164 valence electrons. The van der Waals surface area contributed by atoms with E-state index < -0.39 is 27.8 Å². The van der Waals surface area contributed by atoms with Gasteiger partial charge in [0, 0.05) is 6.54 Å². The van der Waals surface area contributed by atoms with Crippen molar-refractivity contribution >= 4 is 15.9 Å². The number of nitrogens with one attached hydrogen (secondary N) is 2. The number of carbonyl (C=O) groups is 1. The van der Waals surface area contributed by atoms with Crippen LogP contribution in [-0.2, 0) is 21.2 Å². The third-order valence-corrected chi connectivity index (χ3v) is 5.96. The molecule has 0 bridgehead atoms. The standard InChI is InChI=1S/C21H27FN2O5S/c1-4-5-18(24-30(26,27)17-9-7-16(22)8-10-17)21(25)23-13-12-15-6-11-19(28-2)20(14-15)29-3/h6-11,14,18,24H,4-5,12-13H2,1-3H3,(H,23,25). The van der Waals surface area contributed by atoms with E-state index in [1.807, 2.05) is 19.1 Å². The third kappa shape index (κ3) is 6.43. The van der Waals surface area contributed by atoms with Crippen molar-refractivity contribution in [3.63, 3.8) is 0 Å². The molecule has 2 aromatic rings.